The molecule has 0 aliphatic carbocycles. The molecule has 1 aromatic carbocycles. The Balaban J connectivity index is 1.82. The molecule has 106 valence electrons. The summed E-state index contributed by atoms with van der Waals surface area (Å²) < 4.78 is 0. The molecule has 0 radical (unpaired) electrons. The monoisotopic (exact) mass is 292 g/mol. The summed E-state index contributed by atoms with van der Waals surface area (Å²) in [5.41, 5.74) is 1.71. The Morgan fingerprint density at radius 3 is 3.00 bits per heavy atom. The summed E-state index contributed by atoms with van der Waals surface area (Å²) >= 11 is 1.51. The second-order valence-electron chi connectivity index (χ2n) is 5.10. The highest BCUT2D eigenvalue weighted by Gasteiger charge is 2.33. The molecule has 1 fully saturated rings. The Kier molecular flexibility index (Phi) is 3.67. The van der Waals surface area contributed by atoms with Crippen molar-refractivity contribution in [3.8, 4) is 0 Å². The first-order valence-corrected chi connectivity index (χ1v) is 7.64. The smallest absolute Gasteiger partial charge is 0.234 e. The molecule has 0 saturated carbocycles. The van der Waals surface area contributed by atoms with Crippen molar-refractivity contribution in [2.24, 2.45) is 0 Å². The lowest BCUT2D eigenvalue weighted by molar-refractivity contribution is -0.120. The van der Waals surface area contributed by atoms with Crippen LogP contribution in [0.15, 0.2) is 23.1 Å². The van der Waals surface area contributed by atoms with E-state index in [1.807, 2.05) is 18.2 Å². The quantitative estimate of drug-likeness (QED) is 0.779. The van der Waals surface area contributed by atoms with Gasteiger partial charge in [0, 0.05) is 17.5 Å². The number of aliphatic hydroxyl groups excluding tert-OH is 1. The van der Waals surface area contributed by atoms with Gasteiger partial charge in [-0.15, -0.1) is 11.8 Å². The van der Waals surface area contributed by atoms with Crippen LogP contribution in [0.1, 0.15) is 24.3 Å². The van der Waals surface area contributed by atoms with E-state index in [9.17, 15) is 9.59 Å². The van der Waals surface area contributed by atoms with Crippen LogP contribution in [0.25, 0.3) is 0 Å². The summed E-state index contributed by atoms with van der Waals surface area (Å²) in [5.74, 6) is 0.238. The summed E-state index contributed by atoms with van der Waals surface area (Å²) in [6.07, 6.45) is 1.28. The van der Waals surface area contributed by atoms with Crippen LogP contribution in [0.3, 0.4) is 0 Å². The molecule has 2 heterocycles. The van der Waals surface area contributed by atoms with Gasteiger partial charge >= 0.3 is 0 Å². The molecule has 2 atom stereocenters. The van der Waals surface area contributed by atoms with Crippen molar-refractivity contribution in [1.82, 2.24) is 5.32 Å². The molecule has 0 bridgehead atoms. The number of anilines is 1. The van der Waals surface area contributed by atoms with E-state index < -0.39 is 0 Å². The van der Waals surface area contributed by atoms with Crippen molar-refractivity contribution in [2.75, 3.05) is 17.7 Å². The van der Waals surface area contributed by atoms with Gasteiger partial charge in [0.15, 0.2) is 0 Å². The van der Waals surface area contributed by atoms with Crippen LogP contribution in [0.2, 0.25) is 0 Å². The zero-order valence-corrected chi connectivity index (χ0v) is 11.7. The van der Waals surface area contributed by atoms with Gasteiger partial charge in [-0.1, -0.05) is 6.07 Å². The van der Waals surface area contributed by atoms with Crippen LogP contribution in [0, 0.1) is 0 Å². The van der Waals surface area contributed by atoms with Crippen LogP contribution in [-0.4, -0.2) is 35.3 Å². The molecule has 2 amide bonds. The first-order chi connectivity index (χ1) is 9.67. The van der Waals surface area contributed by atoms with Crippen LogP contribution in [0.5, 0.6) is 0 Å². The number of rotatable bonds is 3. The molecule has 2 aliphatic rings. The van der Waals surface area contributed by atoms with E-state index in [-0.39, 0.29) is 30.4 Å². The molecule has 5 nitrogen and oxygen atoms in total. The van der Waals surface area contributed by atoms with Crippen molar-refractivity contribution in [2.45, 2.75) is 29.7 Å². The number of nitrogens with one attached hydrogen (secondary N) is 2. The number of carbonyl (C=O) groups is 2. The third-order valence-electron chi connectivity index (χ3n) is 3.70. The number of hydrogen-bond acceptors (Lipinski definition) is 4. The Bertz CT molecular complexity index is 561. The summed E-state index contributed by atoms with van der Waals surface area (Å²) in [4.78, 5) is 24.5. The van der Waals surface area contributed by atoms with E-state index >= 15 is 0 Å². The number of thioether (sulfide) groups is 1. The van der Waals surface area contributed by atoms with Crippen molar-refractivity contribution in [3.63, 3.8) is 0 Å². The molecule has 1 aromatic rings. The second-order valence-corrected chi connectivity index (χ2v) is 6.12. The number of hydrogen-bond donors (Lipinski definition) is 3. The minimum Gasteiger partial charge on any atom is -0.396 e. The zero-order valence-electron chi connectivity index (χ0n) is 10.9. The SMILES string of the molecule is O=C1CSc2ccc(C3CC(CCO)NC3=O)cc2N1. The van der Waals surface area contributed by atoms with Gasteiger partial charge < -0.3 is 15.7 Å². The minimum absolute atomic E-state index is 0.00168. The summed E-state index contributed by atoms with van der Waals surface area (Å²) in [6, 6.07) is 5.85. The summed E-state index contributed by atoms with van der Waals surface area (Å²) in [5, 5.41) is 14.7. The van der Waals surface area contributed by atoms with Gasteiger partial charge in [-0.3, -0.25) is 9.59 Å². The maximum absolute atomic E-state index is 12.0. The zero-order chi connectivity index (χ0) is 14.1. The average molecular weight is 292 g/mol. The second kappa shape index (κ2) is 5.46. The van der Waals surface area contributed by atoms with Crippen LogP contribution >= 0.6 is 11.8 Å². The van der Waals surface area contributed by atoms with Crippen molar-refractivity contribution >= 4 is 29.3 Å². The van der Waals surface area contributed by atoms with E-state index in [0.29, 0.717) is 18.6 Å². The molecule has 1 saturated heterocycles. The maximum atomic E-state index is 12.0. The lowest BCUT2D eigenvalue weighted by Crippen LogP contribution is -2.26. The van der Waals surface area contributed by atoms with Crippen molar-refractivity contribution < 1.29 is 14.7 Å². The topological polar surface area (TPSA) is 78.4 Å². The highest BCUT2D eigenvalue weighted by molar-refractivity contribution is 8.00. The number of aliphatic hydroxyl groups is 1. The fourth-order valence-corrected chi connectivity index (χ4v) is 3.49. The number of amides is 2. The van der Waals surface area contributed by atoms with E-state index in [4.69, 9.17) is 5.11 Å². The number of benzene rings is 1. The highest BCUT2D eigenvalue weighted by Crippen LogP contribution is 2.36. The Hall–Kier alpha value is -1.53. The standard InChI is InChI=1S/C14H16N2O3S/c17-4-3-9-6-10(14(19)15-9)8-1-2-12-11(5-8)16-13(18)7-20-12/h1-2,5,9-10,17H,3-4,6-7H2,(H,15,19)(H,16,18). The van der Waals surface area contributed by atoms with E-state index in [1.165, 1.54) is 11.8 Å². The average Bonchev–Trinajstić information content (AvgIpc) is 2.79. The molecule has 20 heavy (non-hydrogen) atoms. The molecule has 3 rings (SSSR count). The Morgan fingerprint density at radius 2 is 2.20 bits per heavy atom. The normalized spacial score (nSPS) is 25.1. The lowest BCUT2D eigenvalue weighted by Gasteiger charge is -2.18. The van der Waals surface area contributed by atoms with Gasteiger partial charge in [-0.05, 0) is 30.5 Å². The van der Waals surface area contributed by atoms with Crippen LogP contribution in [-0.2, 0) is 9.59 Å². The molecule has 2 unspecified atom stereocenters. The van der Waals surface area contributed by atoms with Crippen molar-refractivity contribution in [1.29, 1.82) is 0 Å². The largest absolute Gasteiger partial charge is 0.396 e. The fourth-order valence-electron chi connectivity index (χ4n) is 2.70. The number of fused-ring (bicyclic) bond motifs is 1. The predicted octanol–water partition coefficient (Wildman–Crippen LogP) is 1.09. The van der Waals surface area contributed by atoms with Crippen LogP contribution < -0.4 is 10.6 Å². The lowest BCUT2D eigenvalue weighted by atomic mass is 9.94. The molecule has 0 spiro atoms. The first kappa shape index (κ1) is 13.5. The molecule has 0 aromatic heterocycles. The third-order valence-corrected chi connectivity index (χ3v) is 4.77. The third kappa shape index (κ3) is 2.53. The highest BCUT2D eigenvalue weighted by atomic mass is 32.2. The fraction of sp³-hybridized carbons (Fsp3) is 0.429. The molecule has 3 N–H and O–H groups in total. The Morgan fingerprint density at radius 1 is 1.35 bits per heavy atom. The maximum Gasteiger partial charge on any atom is 0.234 e. The van der Waals surface area contributed by atoms with Crippen molar-refractivity contribution in [3.05, 3.63) is 23.8 Å². The van der Waals surface area contributed by atoms with E-state index in [2.05, 4.69) is 10.6 Å². The number of carbonyl (C=O) groups excluding carboxylic acids is 2. The first-order valence-electron chi connectivity index (χ1n) is 6.65. The van der Waals surface area contributed by atoms with Gasteiger partial charge in [-0.2, -0.15) is 0 Å². The summed E-state index contributed by atoms with van der Waals surface area (Å²) in [7, 11) is 0. The van der Waals surface area contributed by atoms with Gasteiger partial charge in [-0.25, -0.2) is 0 Å². The van der Waals surface area contributed by atoms with Crippen LogP contribution in [0.4, 0.5) is 5.69 Å². The van der Waals surface area contributed by atoms with Gasteiger partial charge in [0.05, 0.1) is 17.4 Å². The predicted molar refractivity (Wildman–Crippen MR) is 76.8 cm³/mol. The molecular formula is C14H16N2O3S. The van der Waals surface area contributed by atoms with E-state index in [1.54, 1.807) is 0 Å². The van der Waals surface area contributed by atoms with E-state index in [0.717, 1.165) is 16.1 Å². The van der Waals surface area contributed by atoms with Gasteiger partial charge in [0.25, 0.3) is 0 Å². The van der Waals surface area contributed by atoms with Gasteiger partial charge in [0.1, 0.15) is 0 Å². The summed E-state index contributed by atoms with van der Waals surface area (Å²) in [6.45, 7) is 0.0779. The Labute approximate surface area is 121 Å². The molecule has 2 aliphatic heterocycles. The molecular weight excluding hydrogens is 276 g/mol. The minimum atomic E-state index is -0.194. The van der Waals surface area contributed by atoms with Gasteiger partial charge in [0.2, 0.25) is 11.8 Å². The molecule has 6 heteroatoms.